The van der Waals surface area contributed by atoms with Crippen LogP contribution in [0.5, 0.6) is 11.9 Å². The number of benzene rings is 2. The van der Waals surface area contributed by atoms with Crippen molar-refractivity contribution in [1.29, 1.82) is 5.26 Å². The Morgan fingerprint density at radius 2 is 1.98 bits per heavy atom. The number of aromatic nitrogens is 2. The number of thiophene rings is 1. The SMILES string of the molecule is N#Cc1c(N)sc2c(F)ccc(-c3c(C(F)(F)F)cc4c(O[C@@H]5CCC6(CNC6)C5)nc(OC[C@@]56CCCN5C[C@H](F)C6)nc4c3F)c12. The topological polar surface area (TPSA) is 109 Å². The van der Waals surface area contributed by atoms with Gasteiger partial charge in [0.15, 0.2) is 5.82 Å². The van der Waals surface area contributed by atoms with Crippen LogP contribution in [-0.4, -0.2) is 65.5 Å². The van der Waals surface area contributed by atoms with Crippen LogP contribution in [0.15, 0.2) is 18.2 Å². The van der Waals surface area contributed by atoms with Gasteiger partial charge in [0.1, 0.15) is 41.3 Å². The number of halogens is 6. The first kappa shape index (κ1) is 31.4. The molecule has 5 heterocycles. The van der Waals surface area contributed by atoms with Crippen molar-refractivity contribution in [2.75, 3.05) is 38.5 Å². The lowest BCUT2D eigenvalue weighted by molar-refractivity contribution is -0.137. The molecule has 4 aliphatic rings. The van der Waals surface area contributed by atoms with Crippen LogP contribution in [0.1, 0.15) is 49.7 Å². The third-order valence-corrected chi connectivity index (χ3v) is 11.6. The summed E-state index contributed by atoms with van der Waals surface area (Å²) in [5.74, 6) is -2.43. The van der Waals surface area contributed by atoms with Gasteiger partial charge in [-0.1, -0.05) is 6.07 Å². The van der Waals surface area contributed by atoms with Crippen LogP contribution in [0.2, 0.25) is 0 Å². The summed E-state index contributed by atoms with van der Waals surface area (Å²) in [4.78, 5) is 10.7. The van der Waals surface area contributed by atoms with Gasteiger partial charge in [0.2, 0.25) is 5.88 Å². The minimum absolute atomic E-state index is 0.00395. The fourth-order valence-electron chi connectivity index (χ4n) is 8.19. The van der Waals surface area contributed by atoms with E-state index in [0.717, 1.165) is 44.1 Å². The number of ether oxygens (including phenoxy) is 2. The average molecular weight is 689 g/mol. The van der Waals surface area contributed by atoms with E-state index in [4.69, 9.17) is 15.2 Å². The van der Waals surface area contributed by atoms with Crippen molar-refractivity contribution in [3.8, 4) is 29.1 Å². The maximum atomic E-state index is 16.9. The molecule has 48 heavy (non-hydrogen) atoms. The van der Waals surface area contributed by atoms with E-state index >= 15 is 4.39 Å². The number of nitrogens with zero attached hydrogens (tertiary/aromatic N) is 4. The first-order valence-electron chi connectivity index (χ1n) is 15.8. The molecule has 252 valence electrons. The number of nitrogens with two attached hydrogens (primary N) is 1. The van der Waals surface area contributed by atoms with E-state index in [2.05, 4.69) is 15.3 Å². The van der Waals surface area contributed by atoms with Crippen LogP contribution in [0.3, 0.4) is 0 Å². The molecule has 3 saturated heterocycles. The third-order valence-electron chi connectivity index (χ3n) is 10.5. The fourth-order valence-corrected chi connectivity index (χ4v) is 9.14. The molecule has 1 spiro atoms. The monoisotopic (exact) mass is 688 g/mol. The smallest absolute Gasteiger partial charge is 0.417 e. The molecule has 8 nitrogen and oxygen atoms in total. The number of nitriles is 1. The van der Waals surface area contributed by atoms with Gasteiger partial charge in [0.25, 0.3) is 0 Å². The predicted molar refractivity (Wildman–Crippen MR) is 167 cm³/mol. The molecule has 4 aromatic rings. The lowest BCUT2D eigenvalue weighted by Crippen LogP contribution is -2.52. The number of hydrogen-bond acceptors (Lipinski definition) is 9. The largest absolute Gasteiger partial charge is 0.474 e. The van der Waals surface area contributed by atoms with E-state index in [9.17, 15) is 27.2 Å². The molecule has 2 aromatic carbocycles. The Bertz CT molecular complexity index is 2010. The molecule has 0 bridgehead atoms. The van der Waals surface area contributed by atoms with Gasteiger partial charge in [-0.05, 0) is 61.8 Å². The maximum Gasteiger partial charge on any atom is 0.417 e. The van der Waals surface area contributed by atoms with Gasteiger partial charge in [-0.15, -0.1) is 11.3 Å². The molecule has 3 aliphatic heterocycles. The highest BCUT2D eigenvalue weighted by molar-refractivity contribution is 7.23. The quantitative estimate of drug-likeness (QED) is 0.215. The molecule has 8 rings (SSSR count). The van der Waals surface area contributed by atoms with Gasteiger partial charge < -0.3 is 20.5 Å². The highest BCUT2D eigenvalue weighted by atomic mass is 32.1. The molecule has 15 heteroatoms. The van der Waals surface area contributed by atoms with Gasteiger partial charge in [-0.25, -0.2) is 13.2 Å². The Hall–Kier alpha value is -3.87. The second kappa shape index (κ2) is 11.1. The number of fused-ring (bicyclic) bond motifs is 3. The van der Waals surface area contributed by atoms with E-state index in [1.165, 1.54) is 0 Å². The van der Waals surface area contributed by atoms with Gasteiger partial charge in [0.05, 0.1) is 26.8 Å². The highest BCUT2D eigenvalue weighted by Crippen LogP contribution is 2.49. The minimum atomic E-state index is -5.09. The molecule has 2 aromatic heterocycles. The molecular weight excluding hydrogens is 658 g/mol. The van der Waals surface area contributed by atoms with Crippen LogP contribution < -0.4 is 20.5 Å². The summed E-state index contributed by atoms with van der Waals surface area (Å²) in [6.07, 6.45) is -2.57. The molecule has 3 N–H and O–H groups in total. The Morgan fingerprint density at radius 1 is 1.17 bits per heavy atom. The first-order chi connectivity index (χ1) is 22.9. The predicted octanol–water partition coefficient (Wildman–Crippen LogP) is 6.74. The van der Waals surface area contributed by atoms with E-state index in [0.29, 0.717) is 37.1 Å². The summed E-state index contributed by atoms with van der Waals surface area (Å²) in [6.45, 7) is 2.60. The first-order valence-corrected chi connectivity index (χ1v) is 16.6. The zero-order valence-corrected chi connectivity index (χ0v) is 26.3. The number of alkyl halides is 4. The van der Waals surface area contributed by atoms with Crippen molar-refractivity contribution >= 4 is 37.3 Å². The average Bonchev–Trinajstić information content (AvgIpc) is 3.77. The summed E-state index contributed by atoms with van der Waals surface area (Å²) < 4.78 is 103. The number of hydrogen-bond donors (Lipinski definition) is 2. The Labute approximate surface area is 274 Å². The van der Waals surface area contributed by atoms with E-state index < -0.39 is 46.2 Å². The number of rotatable bonds is 6. The van der Waals surface area contributed by atoms with Crippen LogP contribution in [0.25, 0.3) is 32.1 Å². The molecule has 1 saturated carbocycles. The number of anilines is 1. The minimum Gasteiger partial charge on any atom is -0.474 e. The maximum absolute atomic E-state index is 16.9. The standard InChI is InChI=1S/C33H30F6N6O2S/c34-16-9-32(5-1-7-45(32)12-16)15-46-30-43-26-19(29(44-30)47-17-4-6-31(10-17)13-42-14-31)8-21(33(37,38)39)24(25(26)36)18-2-3-22(35)27-23(18)20(11-40)28(41)48-27/h2-3,8,16-17,42H,1,4-7,9-10,12-15,41H2/t16-,17-,32+/m1/s1. The fraction of sp³-hybridized carbons (Fsp3) is 0.485. The molecular formula is C33H30F6N6O2S. The van der Waals surface area contributed by atoms with Crippen LogP contribution >= 0.6 is 11.3 Å². The lowest BCUT2D eigenvalue weighted by Gasteiger charge is -2.39. The Kier molecular flexibility index (Phi) is 7.25. The van der Waals surface area contributed by atoms with Crippen molar-refractivity contribution in [3.63, 3.8) is 0 Å². The summed E-state index contributed by atoms with van der Waals surface area (Å²) in [5, 5.41) is 12.4. The van der Waals surface area contributed by atoms with Crippen LogP contribution in [-0.2, 0) is 6.18 Å². The van der Waals surface area contributed by atoms with Crippen molar-refractivity contribution < 1.29 is 35.8 Å². The summed E-state index contributed by atoms with van der Waals surface area (Å²) in [7, 11) is 0. The van der Waals surface area contributed by atoms with E-state index in [1.54, 1.807) is 0 Å². The van der Waals surface area contributed by atoms with Crippen molar-refractivity contribution in [3.05, 3.63) is 41.0 Å². The normalized spacial score (nSPS) is 25.1. The molecule has 0 unspecified atom stereocenters. The lowest BCUT2D eigenvalue weighted by atomic mass is 9.80. The second-order valence-electron chi connectivity index (χ2n) is 13.5. The van der Waals surface area contributed by atoms with Crippen LogP contribution in [0.4, 0.5) is 31.3 Å². The molecule has 0 radical (unpaired) electrons. The van der Waals surface area contributed by atoms with Gasteiger partial charge in [0, 0.05) is 37.0 Å². The zero-order chi connectivity index (χ0) is 33.6. The molecule has 0 amide bonds. The highest BCUT2D eigenvalue weighted by Gasteiger charge is 2.50. The van der Waals surface area contributed by atoms with Gasteiger partial charge in [-0.2, -0.15) is 28.4 Å². The number of nitrogen functional groups attached to an aromatic ring is 1. The van der Waals surface area contributed by atoms with Crippen molar-refractivity contribution in [2.24, 2.45) is 5.41 Å². The number of nitrogens with one attached hydrogen (secondary N) is 1. The Morgan fingerprint density at radius 3 is 2.69 bits per heavy atom. The Balaban J connectivity index is 1.30. The molecule has 3 atom stereocenters. The molecule has 1 aliphatic carbocycles. The summed E-state index contributed by atoms with van der Waals surface area (Å²) in [5.41, 5.74) is 1.99. The van der Waals surface area contributed by atoms with Crippen LogP contribution in [0, 0.1) is 28.4 Å². The van der Waals surface area contributed by atoms with Crippen molar-refractivity contribution in [1.82, 2.24) is 20.2 Å². The van der Waals surface area contributed by atoms with E-state index in [1.807, 2.05) is 11.0 Å². The van der Waals surface area contributed by atoms with Gasteiger partial charge in [-0.3, -0.25) is 4.90 Å². The zero-order valence-electron chi connectivity index (χ0n) is 25.5. The molecule has 4 fully saturated rings. The summed E-state index contributed by atoms with van der Waals surface area (Å²) >= 11 is 0.692. The second-order valence-corrected chi connectivity index (χ2v) is 14.6. The van der Waals surface area contributed by atoms with E-state index in [-0.39, 0.29) is 74.6 Å². The van der Waals surface area contributed by atoms with Crippen molar-refractivity contribution in [2.45, 2.75) is 62.5 Å². The third kappa shape index (κ3) is 4.94. The summed E-state index contributed by atoms with van der Waals surface area (Å²) in [6, 6.07) is 4.17. The van der Waals surface area contributed by atoms with Gasteiger partial charge >= 0.3 is 12.2 Å².